The van der Waals surface area contributed by atoms with Gasteiger partial charge >= 0.3 is 6.09 Å². The number of ether oxygens (including phenoxy) is 2. The lowest BCUT2D eigenvalue weighted by Gasteiger charge is -2.23. The minimum absolute atomic E-state index is 0.00142. The van der Waals surface area contributed by atoms with E-state index in [0.29, 0.717) is 25.4 Å². The first-order valence-corrected chi connectivity index (χ1v) is 16.8. The van der Waals surface area contributed by atoms with Crippen LogP contribution in [0.25, 0.3) is 0 Å². The molecule has 0 spiro atoms. The van der Waals surface area contributed by atoms with Crippen LogP contribution in [0.2, 0.25) is 0 Å². The zero-order valence-electron chi connectivity index (χ0n) is 28.0. The number of hydrogen-bond donors (Lipinski definition) is 3. The number of aromatic amines is 1. The summed E-state index contributed by atoms with van der Waals surface area (Å²) in [7, 11) is 0. The van der Waals surface area contributed by atoms with Crippen LogP contribution < -0.4 is 15.4 Å². The van der Waals surface area contributed by atoms with Crippen LogP contribution in [-0.2, 0) is 46.9 Å². The molecule has 0 aliphatic rings. The number of hydrogen-bond acceptors (Lipinski definition) is 7. The smallest absolute Gasteiger partial charge is 0.408 e. The van der Waals surface area contributed by atoms with Gasteiger partial charge in [-0.3, -0.25) is 19.8 Å². The third-order valence-electron chi connectivity index (χ3n) is 8.04. The standard InChI is InChI=1S/C40H43N5O5/c46-38(44-39(47)37(24-35-25-41-30-42-35)43-40(48)50-29-34-17-8-3-9-18-34)27-45(23-11-10-14-31-12-4-1-5-13-31)26-32-19-21-36(22-20-32)49-28-33-15-6-2-7-16-33/h1-9,12-13,15-22,25,30,37H,10-11,14,23-24,26-29H2,(H,41,42)(H,43,48)(H,44,46,47)/t37-/m0/s1. The summed E-state index contributed by atoms with van der Waals surface area (Å²) < 4.78 is 11.3. The first-order valence-electron chi connectivity index (χ1n) is 16.8. The minimum atomic E-state index is -1.06. The fraction of sp³-hybridized carbons (Fsp3) is 0.250. The van der Waals surface area contributed by atoms with Crippen LogP contribution in [0.15, 0.2) is 128 Å². The molecule has 0 saturated carbocycles. The monoisotopic (exact) mass is 673 g/mol. The number of imidazole rings is 1. The maximum absolute atomic E-state index is 13.4. The van der Waals surface area contributed by atoms with Gasteiger partial charge < -0.3 is 19.8 Å². The molecule has 1 atom stereocenters. The SMILES string of the molecule is O=C(CN(CCCCc1ccccc1)Cc1ccc(OCc2ccccc2)cc1)NC(=O)[C@H](Cc1cnc[nH]1)NC(=O)OCc1ccccc1. The van der Waals surface area contributed by atoms with Crippen LogP contribution in [-0.4, -0.2) is 51.9 Å². The van der Waals surface area contributed by atoms with Crippen LogP contribution >= 0.6 is 0 Å². The molecular weight excluding hydrogens is 630 g/mol. The molecule has 0 fully saturated rings. The van der Waals surface area contributed by atoms with E-state index < -0.39 is 23.9 Å². The number of imide groups is 1. The van der Waals surface area contributed by atoms with Crippen molar-refractivity contribution in [2.24, 2.45) is 0 Å². The van der Waals surface area contributed by atoms with E-state index in [1.807, 2.05) is 108 Å². The second-order valence-electron chi connectivity index (χ2n) is 12.0. The predicted molar refractivity (Wildman–Crippen MR) is 191 cm³/mol. The topological polar surface area (TPSA) is 126 Å². The quantitative estimate of drug-likeness (QED) is 0.0976. The molecule has 0 bridgehead atoms. The van der Waals surface area contributed by atoms with Crippen LogP contribution in [0, 0.1) is 0 Å². The number of unbranched alkanes of at least 4 members (excludes halogenated alkanes) is 1. The van der Waals surface area contributed by atoms with Gasteiger partial charge in [0.25, 0.3) is 0 Å². The van der Waals surface area contributed by atoms with Crippen molar-refractivity contribution in [3.63, 3.8) is 0 Å². The van der Waals surface area contributed by atoms with Gasteiger partial charge in [-0.2, -0.15) is 0 Å². The highest BCUT2D eigenvalue weighted by Crippen LogP contribution is 2.16. The number of carbonyl (C=O) groups is 3. The average molecular weight is 674 g/mol. The molecule has 50 heavy (non-hydrogen) atoms. The van der Waals surface area contributed by atoms with Crippen molar-refractivity contribution in [3.8, 4) is 5.75 Å². The van der Waals surface area contributed by atoms with Gasteiger partial charge in [-0.05, 0) is 60.2 Å². The Morgan fingerprint density at radius 1 is 0.740 bits per heavy atom. The molecule has 3 N–H and O–H groups in total. The summed E-state index contributed by atoms with van der Waals surface area (Å²) in [6.45, 7) is 1.68. The van der Waals surface area contributed by atoms with Crippen LogP contribution in [0.4, 0.5) is 4.79 Å². The van der Waals surface area contributed by atoms with E-state index in [2.05, 4.69) is 32.7 Å². The molecule has 0 aliphatic heterocycles. The Hall–Kier alpha value is -5.74. The lowest BCUT2D eigenvalue weighted by Crippen LogP contribution is -2.51. The number of amides is 3. The zero-order valence-corrected chi connectivity index (χ0v) is 28.0. The molecular formula is C40H43N5O5. The Balaban J connectivity index is 1.18. The number of carbonyl (C=O) groups excluding carboxylic acids is 3. The van der Waals surface area contributed by atoms with Gasteiger partial charge in [0.15, 0.2) is 0 Å². The first-order chi connectivity index (χ1) is 24.5. The number of nitrogens with one attached hydrogen (secondary N) is 3. The van der Waals surface area contributed by atoms with Gasteiger partial charge in [-0.1, -0.05) is 103 Å². The Labute approximate surface area is 292 Å². The highest BCUT2D eigenvalue weighted by atomic mass is 16.5. The summed E-state index contributed by atoms with van der Waals surface area (Å²) in [6, 6.07) is 36.3. The molecule has 4 aromatic carbocycles. The number of aryl methyl sites for hydroxylation is 1. The molecule has 0 radical (unpaired) electrons. The van der Waals surface area contributed by atoms with Crippen molar-refractivity contribution in [1.82, 2.24) is 25.5 Å². The summed E-state index contributed by atoms with van der Waals surface area (Å²) in [5.41, 5.74) is 4.80. The van der Waals surface area contributed by atoms with E-state index in [0.717, 1.165) is 41.7 Å². The largest absolute Gasteiger partial charge is 0.489 e. The number of nitrogens with zero attached hydrogens (tertiary/aromatic N) is 2. The lowest BCUT2D eigenvalue weighted by atomic mass is 10.1. The molecule has 1 aromatic heterocycles. The van der Waals surface area contributed by atoms with E-state index in [4.69, 9.17) is 9.47 Å². The second kappa shape index (κ2) is 19.3. The van der Waals surface area contributed by atoms with E-state index in [9.17, 15) is 14.4 Å². The maximum Gasteiger partial charge on any atom is 0.408 e. The Morgan fingerprint density at radius 2 is 1.38 bits per heavy atom. The zero-order chi connectivity index (χ0) is 34.8. The average Bonchev–Trinajstić information content (AvgIpc) is 3.66. The molecule has 0 aliphatic carbocycles. The van der Waals surface area contributed by atoms with Gasteiger partial charge in [0.2, 0.25) is 11.8 Å². The number of H-pyrrole nitrogens is 1. The number of benzene rings is 4. The predicted octanol–water partition coefficient (Wildman–Crippen LogP) is 5.99. The van der Waals surface area contributed by atoms with Gasteiger partial charge in [0.05, 0.1) is 12.9 Å². The number of alkyl carbamates (subject to hydrolysis) is 1. The number of aromatic nitrogens is 2. The van der Waals surface area contributed by atoms with Gasteiger partial charge in [0, 0.05) is 24.9 Å². The molecule has 10 heteroatoms. The molecule has 5 rings (SSSR count). The Bertz CT molecular complexity index is 1730. The highest BCUT2D eigenvalue weighted by molar-refractivity contribution is 5.99. The van der Waals surface area contributed by atoms with Crippen molar-refractivity contribution < 1.29 is 23.9 Å². The van der Waals surface area contributed by atoms with E-state index in [1.54, 1.807) is 6.20 Å². The van der Waals surface area contributed by atoms with Gasteiger partial charge in [-0.15, -0.1) is 0 Å². The Kier molecular flexibility index (Phi) is 13.7. The fourth-order valence-electron chi connectivity index (χ4n) is 5.41. The molecule has 1 heterocycles. The third kappa shape index (κ3) is 12.4. The Morgan fingerprint density at radius 3 is 2.02 bits per heavy atom. The summed E-state index contributed by atoms with van der Waals surface area (Å²) in [5.74, 6) is -0.339. The van der Waals surface area contributed by atoms with Crippen molar-refractivity contribution in [1.29, 1.82) is 0 Å². The summed E-state index contributed by atoms with van der Waals surface area (Å²) in [4.78, 5) is 48.3. The molecule has 0 unspecified atom stereocenters. The summed E-state index contributed by atoms with van der Waals surface area (Å²) in [6.07, 6.45) is 5.14. The minimum Gasteiger partial charge on any atom is -0.489 e. The van der Waals surface area contributed by atoms with Crippen molar-refractivity contribution in [2.45, 2.75) is 51.5 Å². The van der Waals surface area contributed by atoms with Crippen molar-refractivity contribution in [3.05, 3.63) is 156 Å². The number of rotatable bonds is 18. The second-order valence-corrected chi connectivity index (χ2v) is 12.0. The maximum atomic E-state index is 13.4. The third-order valence-corrected chi connectivity index (χ3v) is 8.04. The highest BCUT2D eigenvalue weighted by Gasteiger charge is 2.25. The van der Waals surface area contributed by atoms with E-state index in [1.165, 1.54) is 11.9 Å². The van der Waals surface area contributed by atoms with Gasteiger partial charge in [-0.25, -0.2) is 9.78 Å². The van der Waals surface area contributed by atoms with E-state index in [-0.39, 0.29) is 19.6 Å². The van der Waals surface area contributed by atoms with Crippen molar-refractivity contribution in [2.75, 3.05) is 13.1 Å². The van der Waals surface area contributed by atoms with Crippen LogP contribution in [0.1, 0.15) is 40.8 Å². The molecule has 3 amide bonds. The molecule has 0 saturated heterocycles. The lowest BCUT2D eigenvalue weighted by molar-refractivity contribution is -0.132. The van der Waals surface area contributed by atoms with Crippen molar-refractivity contribution >= 4 is 17.9 Å². The van der Waals surface area contributed by atoms with Crippen LogP contribution in [0.3, 0.4) is 0 Å². The molecule has 10 nitrogen and oxygen atoms in total. The van der Waals surface area contributed by atoms with Crippen LogP contribution in [0.5, 0.6) is 5.75 Å². The molecule has 5 aromatic rings. The van der Waals surface area contributed by atoms with E-state index >= 15 is 0 Å². The summed E-state index contributed by atoms with van der Waals surface area (Å²) in [5, 5.41) is 5.11. The first kappa shape index (κ1) is 35.6. The molecule has 258 valence electrons. The normalized spacial score (nSPS) is 11.5. The fourth-order valence-corrected chi connectivity index (χ4v) is 5.41. The summed E-state index contributed by atoms with van der Waals surface area (Å²) >= 11 is 0. The van der Waals surface area contributed by atoms with Gasteiger partial charge in [0.1, 0.15) is 25.0 Å².